The van der Waals surface area contributed by atoms with E-state index >= 15 is 0 Å². The standard InChI is InChI=1S/C19H19F3N2O3/c1-18(2)12-24(9-10-26-18)17(25)13-3-6-15(7-4-13)27-16-8-5-14(11-23-16)19(20,21)22/h3-8,11H,9-10,12H2,1-2H3. The van der Waals surface area contributed by atoms with Gasteiger partial charge < -0.3 is 14.4 Å². The predicted molar refractivity (Wildman–Crippen MR) is 91.7 cm³/mol. The highest BCUT2D eigenvalue weighted by Crippen LogP contribution is 2.30. The third-order valence-corrected chi connectivity index (χ3v) is 4.10. The average Bonchev–Trinajstić information content (AvgIpc) is 2.60. The van der Waals surface area contributed by atoms with E-state index in [1.165, 1.54) is 0 Å². The van der Waals surface area contributed by atoms with Gasteiger partial charge in [0.1, 0.15) is 5.75 Å². The number of morpholine rings is 1. The molecule has 0 aliphatic carbocycles. The molecule has 0 N–H and O–H groups in total. The molecule has 8 heteroatoms. The van der Waals surface area contributed by atoms with Gasteiger partial charge in [-0.2, -0.15) is 13.2 Å². The Bertz CT molecular complexity index is 802. The molecule has 0 unspecified atom stereocenters. The van der Waals surface area contributed by atoms with Crippen LogP contribution in [0.4, 0.5) is 13.2 Å². The normalized spacial score (nSPS) is 16.9. The molecule has 0 saturated carbocycles. The van der Waals surface area contributed by atoms with Crippen LogP contribution in [-0.2, 0) is 10.9 Å². The highest BCUT2D eigenvalue weighted by atomic mass is 19.4. The van der Waals surface area contributed by atoms with Crippen molar-refractivity contribution in [1.29, 1.82) is 0 Å². The predicted octanol–water partition coefficient (Wildman–Crippen LogP) is 4.14. The van der Waals surface area contributed by atoms with Gasteiger partial charge in [-0.05, 0) is 44.2 Å². The molecule has 144 valence electrons. The van der Waals surface area contributed by atoms with Gasteiger partial charge >= 0.3 is 6.18 Å². The van der Waals surface area contributed by atoms with Crippen LogP contribution < -0.4 is 4.74 Å². The van der Waals surface area contributed by atoms with Crippen LogP contribution >= 0.6 is 0 Å². The van der Waals surface area contributed by atoms with Crippen molar-refractivity contribution in [3.63, 3.8) is 0 Å². The molecule has 1 aliphatic rings. The van der Waals surface area contributed by atoms with E-state index in [4.69, 9.17) is 9.47 Å². The molecule has 0 radical (unpaired) electrons. The second kappa shape index (κ2) is 7.19. The Labute approximate surface area is 154 Å². The van der Waals surface area contributed by atoms with Gasteiger partial charge in [-0.3, -0.25) is 4.79 Å². The van der Waals surface area contributed by atoms with E-state index in [1.807, 2.05) is 13.8 Å². The molecule has 1 aromatic heterocycles. The summed E-state index contributed by atoms with van der Waals surface area (Å²) < 4.78 is 48.7. The lowest BCUT2D eigenvalue weighted by atomic mass is 10.1. The van der Waals surface area contributed by atoms with Crippen molar-refractivity contribution < 1.29 is 27.4 Å². The van der Waals surface area contributed by atoms with Gasteiger partial charge in [0.25, 0.3) is 5.91 Å². The Hall–Kier alpha value is -2.61. The number of benzene rings is 1. The molecule has 0 atom stereocenters. The maximum Gasteiger partial charge on any atom is 0.417 e. The number of carbonyl (C=O) groups is 1. The van der Waals surface area contributed by atoms with Crippen LogP contribution in [0.25, 0.3) is 0 Å². The summed E-state index contributed by atoms with van der Waals surface area (Å²) in [7, 11) is 0. The molecule has 1 saturated heterocycles. The van der Waals surface area contributed by atoms with Crippen LogP contribution in [0, 0.1) is 0 Å². The molecule has 1 fully saturated rings. The lowest BCUT2D eigenvalue weighted by Crippen LogP contribution is -2.50. The number of nitrogens with zero attached hydrogens (tertiary/aromatic N) is 2. The zero-order valence-electron chi connectivity index (χ0n) is 14.9. The number of ether oxygens (including phenoxy) is 2. The van der Waals surface area contributed by atoms with Gasteiger partial charge in [0.15, 0.2) is 0 Å². The minimum Gasteiger partial charge on any atom is -0.439 e. The topological polar surface area (TPSA) is 51.7 Å². The van der Waals surface area contributed by atoms with Crippen LogP contribution in [0.3, 0.4) is 0 Å². The average molecular weight is 380 g/mol. The molecule has 0 spiro atoms. The van der Waals surface area contributed by atoms with Crippen LogP contribution in [0.1, 0.15) is 29.8 Å². The highest BCUT2D eigenvalue weighted by Gasteiger charge is 2.31. The Morgan fingerprint density at radius 1 is 1.19 bits per heavy atom. The van der Waals surface area contributed by atoms with Gasteiger partial charge in [-0.25, -0.2) is 4.98 Å². The van der Waals surface area contributed by atoms with E-state index in [1.54, 1.807) is 29.2 Å². The SMILES string of the molecule is CC1(C)CN(C(=O)c2ccc(Oc3ccc(C(F)(F)F)cn3)cc2)CCO1. The van der Waals surface area contributed by atoms with Gasteiger partial charge in [0.05, 0.1) is 17.8 Å². The van der Waals surface area contributed by atoms with Crippen molar-refractivity contribution in [3.8, 4) is 11.6 Å². The number of pyridine rings is 1. The van der Waals surface area contributed by atoms with E-state index in [0.717, 1.165) is 12.1 Å². The first-order valence-corrected chi connectivity index (χ1v) is 8.38. The van der Waals surface area contributed by atoms with E-state index in [-0.39, 0.29) is 17.4 Å². The highest BCUT2D eigenvalue weighted by molar-refractivity contribution is 5.94. The zero-order chi connectivity index (χ0) is 19.7. The second-order valence-electron chi connectivity index (χ2n) is 6.84. The molecule has 2 heterocycles. The van der Waals surface area contributed by atoms with Crippen LogP contribution in [0.5, 0.6) is 11.6 Å². The number of hydrogen-bond acceptors (Lipinski definition) is 4. The first-order valence-electron chi connectivity index (χ1n) is 8.38. The maximum atomic E-state index is 12.6. The van der Waals surface area contributed by atoms with E-state index < -0.39 is 11.7 Å². The van der Waals surface area contributed by atoms with Gasteiger partial charge in [0, 0.05) is 30.9 Å². The van der Waals surface area contributed by atoms with Crippen molar-refractivity contribution in [2.75, 3.05) is 19.7 Å². The lowest BCUT2D eigenvalue weighted by Gasteiger charge is -2.38. The number of amides is 1. The van der Waals surface area contributed by atoms with Crippen molar-refractivity contribution in [2.45, 2.75) is 25.6 Å². The minimum absolute atomic E-state index is 0.0389. The Balaban J connectivity index is 1.66. The van der Waals surface area contributed by atoms with Crippen LogP contribution in [-0.4, -0.2) is 41.1 Å². The summed E-state index contributed by atoms with van der Waals surface area (Å²) in [5.41, 5.74) is -0.727. The number of halogens is 3. The third-order valence-electron chi connectivity index (χ3n) is 4.10. The molecule has 27 heavy (non-hydrogen) atoms. The summed E-state index contributed by atoms with van der Waals surface area (Å²) in [6.07, 6.45) is -3.73. The monoisotopic (exact) mass is 380 g/mol. The molecule has 1 aliphatic heterocycles. The summed E-state index contributed by atoms with van der Waals surface area (Å²) in [6, 6.07) is 8.45. The van der Waals surface area contributed by atoms with Gasteiger partial charge in [0.2, 0.25) is 5.88 Å². The Morgan fingerprint density at radius 3 is 2.44 bits per heavy atom. The number of aromatic nitrogens is 1. The molecule has 0 bridgehead atoms. The van der Waals surface area contributed by atoms with Gasteiger partial charge in [-0.15, -0.1) is 0 Å². The number of hydrogen-bond donors (Lipinski definition) is 0. The van der Waals surface area contributed by atoms with Crippen LogP contribution in [0.2, 0.25) is 0 Å². The fraction of sp³-hybridized carbons (Fsp3) is 0.368. The molecule has 2 aromatic rings. The summed E-state index contributed by atoms with van der Waals surface area (Å²) in [5, 5.41) is 0. The quantitative estimate of drug-likeness (QED) is 0.803. The van der Waals surface area contributed by atoms with E-state index in [9.17, 15) is 18.0 Å². The Morgan fingerprint density at radius 2 is 1.89 bits per heavy atom. The van der Waals surface area contributed by atoms with Gasteiger partial charge in [-0.1, -0.05) is 0 Å². The largest absolute Gasteiger partial charge is 0.439 e. The molecule has 1 aromatic carbocycles. The first-order chi connectivity index (χ1) is 12.6. The van der Waals surface area contributed by atoms with E-state index in [0.29, 0.717) is 37.2 Å². The molecular formula is C19H19F3N2O3. The summed E-state index contributed by atoms with van der Waals surface area (Å²) in [4.78, 5) is 18.0. The smallest absolute Gasteiger partial charge is 0.417 e. The number of rotatable bonds is 3. The lowest BCUT2D eigenvalue weighted by molar-refractivity contribution is -0.137. The fourth-order valence-electron chi connectivity index (χ4n) is 2.77. The maximum absolute atomic E-state index is 12.6. The van der Waals surface area contributed by atoms with Crippen molar-refractivity contribution in [1.82, 2.24) is 9.88 Å². The van der Waals surface area contributed by atoms with Crippen molar-refractivity contribution in [3.05, 3.63) is 53.7 Å². The van der Waals surface area contributed by atoms with Crippen molar-refractivity contribution in [2.24, 2.45) is 0 Å². The second-order valence-corrected chi connectivity index (χ2v) is 6.84. The number of alkyl halides is 3. The molecule has 3 rings (SSSR count). The van der Waals surface area contributed by atoms with Crippen molar-refractivity contribution >= 4 is 5.91 Å². The summed E-state index contributed by atoms with van der Waals surface area (Å²) in [6.45, 7) is 5.37. The summed E-state index contributed by atoms with van der Waals surface area (Å²) >= 11 is 0. The zero-order valence-corrected chi connectivity index (χ0v) is 14.9. The van der Waals surface area contributed by atoms with E-state index in [2.05, 4.69) is 4.98 Å². The number of carbonyl (C=O) groups excluding carboxylic acids is 1. The molecule has 5 nitrogen and oxygen atoms in total. The summed E-state index contributed by atoms with van der Waals surface area (Å²) in [5.74, 6) is 0.309. The molecular weight excluding hydrogens is 361 g/mol. The third kappa shape index (κ3) is 4.77. The minimum atomic E-state index is -4.44. The Kier molecular flexibility index (Phi) is 5.10. The molecule has 1 amide bonds. The first kappa shape index (κ1) is 19.2. The fourth-order valence-corrected chi connectivity index (χ4v) is 2.77. The van der Waals surface area contributed by atoms with Crippen LogP contribution in [0.15, 0.2) is 42.6 Å².